The monoisotopic (exact) mass is 312 g/mol. The van der Waals surface area contributed by atoms with Crippen LogP contribution in [-0.4, -0.2) is 31.7 Å². The van der Waals surface area contributed by atoms with Crippen LogP contribution in [0.15, 0.2) is 0 Å². The van der Waals surface area contributed by atoms with E-state index < -0.39 is 5.79 Å². The molecule has 3 unspecified atom stereocenters. The summed E-state index contributed by atoms with van der Waals surface area (Å²) in [6, 6.07) is 0. The third kappa shape index (κ3) is 9.84. The molecule has 0 fully saturated rings. The standard InChI is InChI=1S/C13H28O2S3/c1-3-10(16)6-5-7-12(18)9-13(14,15)8-11(17)4-2/h10-12,14-18H,3-9H2,1-2H3. The molecule has 0 spiro atoms. The number of rotatable bonds is 10. The van der Waals surface area contributed by atoms with E-state index in [2.05, 4.69) is 44.8 Å². The largest absolute Gasteiger partial charge is 0.366 e. The minimum Gasteiger partial charge on any atom is -0.366 e. The molecule has 0 saturated heterocycles. The summed E-state index contributed by atoms with van der Waals surface area (Å²) in [4.78, 5) is 0. The highest BCUT2D eigenvalue weighted by Gasteiger charge is 2.28. The number of thiol groups is 3. The first-order chi connectivity index (χ1) is 8.30. The summed E-state index contributed by atoms with van der Waals surface area (Å²) in [5.74, 6) is -1.64. The SMILES string of the molecule is CCC(S)CCCC(S)CC(O)(O)CC(S)CC. The maximum Gasteiger partial charge on any atom is 0.164 e. The summed E-state index contributed by atoms with van der Waals surface area (Å²) in [5.41, 5.74) is 0. The minimum atomic E-state index is -1.64. The molecule has 0 rings (SSSR count). The van der Waals surface area contributed by atoms with Crippen LogP contribution < -0.4 is 0 Å². The van der Waals surface area contributed by atoms with Crippen LogP contribution in [0.3, 0.4) is 0 Å². The maximum absolute atomic E-state index is 9.88. The first-order valence-electron chi connectivity index (χ1n) is 6.79. The van der Waals surface area contributed by atoms with Crippen LogP contribution in [0.4, 0.5) is 0 Å². The molecule has 5 heteroatoms. The van der Waals surface area contributed by atoms with Crippen LogP contribution >= 0.6 is 37.9 Å². The van der Waals surface area contributed by atoms with Gasteiger partial charge in [0.25, 0.3) is 0 Å². The highest BCUT2D eigenvalue weighted by atomic mass is 32.1. The van der Waals surface area contributed by atoms with Crippen molar-refractivity contribution >= 4 is 37.9 Å². The van der Waals surface area contributed by atoms with Gasteiger partial charge < -0.3 is 10.2 Å². The molecular formula is C13H28O2S3. The fourth-order valence-electron chi connectivity index (χ4n) is 1.88. The van der Waals surface area contributed by atoms with Gasteiger partial charge in [0, 0.05) is 28.6 Å². The van der Waals surface area contributed by atoms with E-state index in [4.69, 9.17) is 0 Å². The molecule has 2 N–H and O–H groups in total. The zero-order valence-corrected chi connectivity index (χ0v) is 14.1. The van der Waals surface area contributed by atoms with Gasteiger partial charge in [-0.1, -0.05) is 20.3 Å². The summed E-state index contributed by atoms with van der Waals surface area (Å²) >= 11 is 13.2. The summed E-state index contributed by atoms with van der Waals surface area (Å²) in [7, 11) is 0. The van der Waals surface area contributed by atoms with Crippen LogP contribution in [0.1, 0.15) is 58.8 Å². The molecule has 18 heavy (non-hydrogen) atoms. The lowest BCUT2D eigenvalue weighted by Crippen LogP contribution is -2.34. The van der Waals surface area contributed by atoms with Gasteiger partial charge in [-0.15, -0.1) is 0 Å². The second kappa shape index (κ2) is 9.81. The second-order valence-corrected chi connectivity index (χ2v) is 7.29. The van der Waals surface area contributed by atoms with Gasteiger partial charge in [0.15, 0.2) is 5.79 Å². The van der Waals surface area contributed by atoms with Crippen molar-refractivity contribution < 1.29 is 10.2 Å². The zero-order valence-electron chi connectivity index (χ0n) is 11.4. The van der Waals surface area contributed by atoms with Crippen molar-refractivity contribution in [1.29, 1.82) is 0 Å². The Morgan fingerprint density at radius 1 is 0.833 bits per heavy atom. The predicted octanol–water partition coefficient (Wildman–Crippen LogP) is 3.33. The van der Waals surface area contributed by atoms with Crippen LogP contribution in [0, 0.1) is 0 Å². The van der Waals surface area contributed by atoms with E-state index in [-0.39, 0.29) is 10.5 Å². The van der Waals surface area contributed by atoms with Crippen molar-refractivity contribution in [2.24, 2.45) is 0 Å². The average molecular weight is 313 g/mol. The Labute approximate surface area is 128 Å². The molecule has 0 aromatic rings. The Balaban J connectivity index is 3.87. The third-order valence-corrected chi connectivity index (χ3v) is 4.75. The zero-order chi connectivity index (χ0) is 14.2. The number of hydrogen-bond acceptors (Lipinski definition) is 5. The van der Waals surface area contributed by atoms with Crippen molar-refractivity contribution in [3.8, 4) is 0 Å². The van der Waals surface area contributed by atoms with E-state index >= 15 is 0 Å². The summed E-state index contributed by atoms with van der Waals surface area (Å²) < 4.78 is 0. The van der Waals surface area contributed by atoms with Crippen LogP contribution in [0.2, 0.25) is 0 Å². The normalized spacial score (nSPS) is 17.5. The van der Waals surface area contributed by atoms with Gasteiger partial charge >= 0.3 is 0 Å². The predicted molar refractivity (Wildman–Crippen MR) is 89.2 cm³/mol. The Morgan fingerprint density at radius 3 is 1.78 bits per heavy atom. The first kappa shape index (κ1) is 19.0. The fourth-order valence-corrected chi connectivity index (χ4v) is 2.83. The molecule has 2 nitrogen and oxygen atoms in total. The molecule has 0 bridgehead atoms. The van der Waals surface area contributed by atoms with Gasteiger partial charge in [0.05, 0.1) is 0 Å². The van der Waals surface area contributed by atoms with Gasteiger partial charge in [-0.2, -0.15) is 37.9 Å². The van der Waals surface area contributed by atoms with Crippen molar-refractivity contribution in [3.63, 3.8) is 0 Å². The van der Waals surface area contributed by atoms with Crippen molar-refractivity contribution in [3.05, 3.63) is 0 Å². The molecule has 0 aliphatic heterocycles. The highest BCUT2D eigenvalue weighted by Crippen LogP contribution is 2.25. The van der Waals surface area contributed by atoms with Gasteiger partial charge in [-0.25, -0.2) is 0 Å². The van der Waals surface area contributed by atoms with Gasteiger partial charge in [0.1, 0.15) is 0 Å². The summed E-state index contributed by atoms with van der Waals surface area (Å²) in [5, 5.41) is 20.3. The molecule has 0 aliphatic rings. The second-order valence-electron chi connectivity index (χ2n) is 5.10. The lowest BCUT2D eigenvalue weighted by atomic mass is 10.00. The lowest BCUT2D eigenvalue weighted by Gasteiger charge is -2.27. The van der Waals surface area contributed by atoms with Crippen LogP contribution in [0.5, 0.6) is 0 Å². The van der Waals surface area contributed by atoms with Gasteiger partial charge in [-0.05, 0) is 25.7 Å². The van der Waals surface area contributed by atoms with E-state index in [0.717, 1.165) is 32.1 Å². The highest BCUT2D eigenvalue weighted by molar-refractivity contribution is 7.81. The van der Waals surface area contributed by atoms with Gasteiger partial charge in [0.2, 0.25) is 0 Å². The van der Waals surface area contributed by atoms with E-state index in [1.807, 2.05) is 6.92 Å². The van der Waals surface area contributed by atoms with E-state index in [9.17, 15) is 10.2 Å². The van der Waals surface area contributed by atoms with Gasteiger partial charge in [-0.3, -0.25) is 0 Å². The van der Waals surface area contributed by atoms with Crippen molar-refractivity contribution in [2.45, 2.75) is 80.3 Å². The molecule has 0 aromatic carbocycles. The van der Waals surface area contributed by atoms with Crippen molar-refractivity contribution in [2.75, 3.05) is 0 Å². The number of aliphatic hydroxyl groups is 2. The molecule has 0 heterocycles. The van der Waals surface area contributed by atoms with Crippen molar-refractivity contribution in [1.82, 2.24) is 0 Å². The lowest BCUT2D eigenvalue weighted by molar-refractivity contribution is -0.169. The molecule has 0 radical (unpaired) electrons. The third-order valence-electron chi connectivity index (χ3n) is 3.14. The topological polar surface area (TPSA) is 40.5 Å². The van der Waals surface area contributed by atoms with E-state index in [1.54, 1.807) is 0 Å². The molecular weight excluding hydrogens is 284 g/mol. The summed E-state index contributed by atoms with van der Waals surface area (Å²) in [6.45, 7) is 4.11. The Bertz CT molecular complexity index is 212. The molecule has 0 amide bonds. The maximum atomic E-state index is 9.88. The van der Waals surface area contributed by atoms with E-state index in [1.165, 1.54) is 0 Å². The van der Waals surface area contributed by atoms with E-state index in [0.29, 0.717) is 18.1 Å². The Kier molecular flexibility index (Phi) is 10.3. The smallest absolute Gasteiger partial charge is 0.164 e. The van der Waals surface area contributed by atoms with Crippen LogP contribution in [-0.2, 0) is 0 Å². The fraction of sp³-hybridized carbons (Fsp3) is 1.00. The quantitative estimate of drug-likeness (QED) is 0.317. The molecule has 0 aromatic heterocycles. The molecule has 110 valence electrons. The Morgan fingerprint density at radius 2 is 1.28 bits per heavy atom. The number of hydrogen-bond donors (Lipinski definition) is 5. The average Bonchev–Trinajstić information content (AvgIpc) is 2.27. The Hall–Kier alpha value is 0.970. The summed E-state index contributed by atoms with van der Waals surface area (Å²) in [6.07, 6.45) is 5.49. The molecule has 0 aliphatic carbocycles. The minimum absolute atomic E-state index is 0.0229. The molecule has 0 saturated carbocycles. The van der Waals surface area contributed by atoms with Crippen LogP contribution in [0.25, 0.3) is 0 Å². The molecule has 3 atom stereocenters. The first-order valence-corrected chi connectivity index (χ1v) is 8.34.